The first kappa shape index (κ1) is 19.2. The van der Waals surface area contributed by atoms with Gasteiger partial charge in [-0.3, -0.25) is 9.59 Å². The monoisotopic (exact) mass is 361 g/mol. The minimum atomic E-state index is -0.0842. The molecule has 5 nitrogen and oxygen atoms in total. The lowest BCUT2D eigenvalue weighted by Gasteiger charge is -2.18. The van der Waals surface area contributed by atoms with Crippen LogP contribution in [0, 0.1) is 13.8 Å². The highest BCUT2D eigenvalue weighted by atomic mass is 32.1. The number of carbonyl (C=O) groups excluding carboxylic acids is 2. The zero-order chi connectivity index (χ0) is 18.4. The van der Waals surface area contributed by atoms with Gasteiger partial charge in [0.05, 0.1) is 5.56 Å². The van der Waals surface area contributed by atoms with E-state index in [0.717, 1.165) is 29.5 Å². The number of nitrogens with zero attached hydrogens (tertiary/aromatic N) is 2. The molecule has 2 heterocycles. The van der Waals surface area contributed by atoms with Crippen molar-refractivity contribution in [2.24, 2.45) is 0 Å². The number of amides is 2. The fraction of sp³-hybridized carbons (Fsp3) is 0.474. The lowest BCUT2D eigenvalue weighted by Crippen LogP contribution is -2.31. The Kier molecular flexibility index (Phi) is 6.82. The van der Waals surface area contributed by atoms with Crippen molar-refractivity contribution in [1.29, 1.82) is 0 Å². The molecule has 1 N–H and O–H groups in total. The molecule has 0 bridgehead atoms. The number of thiophene rings is 1. The SMILES string of the molecule is CCN(CC)C(=O)CCCNC(=O)c1ccsc1-n1c(C)ccc1C. The molecule has 2 amide bonds. The van der Waals surface area contributed by atoms with Crippen molar-refractivity contribution >= 4 is 23.2 Å². The van der Waals surface area contributed by atoms with Gasteiger partial charge < -0.3 is 14.8 Å². The van der Waals surface area contributed by atoms with E-state index in [1.807, 2.05) is 44.0 Å². The highest BCUT2D eigenvalue weighted by Crippen LogP contribution is 2.25. The second-order valence-electron chi connectivity index (χ2n) is 6.02. The standard InChI is InChI=1S/C19H27N3O2S/c1-5-21(6-2)17(23)8-7-12-20-18(24)16-11-13-25-19(16)22-14(3)9-10-15(22)4/h9-11,13H,5-8,12H2,1-4H3,(H,20,24). The number of hydrogen-bond acceptors (Lipinski definition) is 3. The van der Waals surface area contributed by atoms with Crippen molar-refractivity contribution in [2.75, 3.05) is 19.6 Å². The first-order valence-corrected chi connectivity index (χ1v) is 9.66. The van der Waals surface area contributed by atoms with E-state index in [1.54, 1.807) is 11.3 Å². The molecule has 2 aromatic rings. The Morgan fingerprint density at radius 3 is 2.36 bits per heavy atom. The van der Waals surface area contributed by atoms with E-state index < -0.39 is 0 Å². The van der Waals surface area contributed by atoms with Crippen molar-refractivity contribution in [3.8, 4) is 5.00 Å². The van der Waals surface area contributed by atoms with Gasteiger partial charge in [0.1, 0.15) is 5.00 Å². The predicted octanol–water partition coefficient (Wildman–Crippen LogP) is 3.53. The summed E-state index contributed by atoms with van der Waals surface area (Å²) in [5.41, 5.74) is 2.90. The summed E-state index contributed by atoms with van der Waals surface area (Å²) < 4.78 is 2.10. The van der Waals surface area contributed by atoms with Gasteiger partial charge >= 0.3 is 0 Å². The second kappa shape index (κ2) is 8.85. The van der Waals surface area contributed by atoms with Crippen molar-refractivity contribution < 1.29 is 9.59 Å². The van der Waals surface area contributed by atoms with Crippen LogP contribution in [0.3, 0.4) is 0 Å². The molecule has 0 saturated heterocycles. The minimum Gasteiger partial charge on any atom is -0.352 e. The molecule has 0 aliphatic heterocycles. The molecule has 25 heavy (non-hydrogen) atoms. The van der Waals surface area contributed by atoms with E-state index in [0.29, 0.717) is 24.9 Å². The van der Waals surface area contributed by atoms with Crippen LogP contribution in [-0.2, 0) is 4.79 Å². The van der Waals surface area contributed by atoms with E-state index >= 15 is 0 Å². The molecular formula is C19H27N3O2S. The number of aromatic nitrogens is 1. The van der Waals surface area contributed by atoms with Crippen molar-refractivity contribution in [1.82, 2.24) is 14.8 Å². The Morgan fingerprint density at radius 1 is 1.12 bits per heavy atom. The molecule has 0 unspecified atom stereocenters. The smallest absolute Gasteiger partial charge is 0.254 e. The van der Waals surface area contributed by atoms with Crippen LogP contribution < -0.4 is 5.32 Å². The highest BCUT2D eigenvalue weighted by molar-refractivity contribution is 7.13. The van der Waals surface area contributed by atoms with Crippen LogP contribution in [0.1, 0.15) is 48.4 Å². The third-order valence-electron chi connectivity index (χ3n) is 4.33. The molecule has 0 spiro atoms. The van der Waals surface area contributed by atoms with Gasteiger partial charge in [0, 0.05) is 37.4 Å². The van der Waals surface area contributed by atoms with E-state index in [-0.39, 0.29) is 11.8 Å². The molecule has 0 fully saturated rings. The van der Waals surface area contributed by atoms with Gasteiger partial charge in [-0.25, -0.2) is 0 Å². The number of nitrogens with one attached hydrogen (secondary N) is 1. The molecule has 2 aromatic heterocycles. The first-order chi connectivity index (χ1) is 12.0. The second-order valence-corrected chi connectivity index (χ2v) is 6.91. The molecule has 0 saturated carbocycles. The number of carbonyl (C=O) groups is 2. The molecule has 6 heteroatoms. The maximum atomic E-state index is 12.5. The van der Waals surface area contributed by atoms with Crippen LogP contribution in [0.4, 0.5) is 0 Å². The summed E-state index contributed by atoms with van der Waals surface area (Å²) in [7, 11) is 0. The summed E-state index contributed by atoms with van der Waals surface area (Å²) >= 11 is 1.56. The van der Waals surface area contributed by atoms with Gasteiger partial charge in [-0.05, 0) is 57.7 Å². The van der Waals surface area contributed by atoms with Crippen LogP contribution in [-0.4, -0.2) is 40.9 Å². The fourth-order valence-electron chi connectivity index (χ4n) is 2.91. The zero-order valence-electron chi connectivity index (χ0n) is 15.5. The van der Waals surface area contributed by atoms with Crippen molar-refractivity contribution in [3.05, 3.63) is 40.5 Å². The van der Waals surface area contributed by atoms with Crippen LogP contribution >= 0.6 is 11.3 Å². The molecule has 0 aromatic carbocycles. The Bertz CT molecular complexity index is 709. The number of rotatable bonds is 8. The van der Waals surface area contributed by atoms with E-state index in [1.165, 1.54) is 0 Å². The molecule has 0 atom stereocenters. The maximum absolute atomic E-state index is 12.5. The summed E-state index contributed by atoms with van der Waals surface area (Å²) in [5.74, 6) is 0.0631. The van der Waals surface area contributed by atoms with Gasteiger partial charge in [0.25, 0.3) is 5.91 Å². The van der Waals surface area contributed by atoms with Crippen molar-refractivity contribution in [2.45, 2.75) is 40.5 Å². The quantitative estimate of drug-likeness (QED) is 0.731. The molecule has 0 radical (unpaired) electrons. The van der Waals surface area contributed by atoms with Crippen LogP contribution in [0.15, 0.2) is 23.6 Å². The maximum Gasteiger partial charge on any atom is 0.254 e. The minimum absolute atomic E-state index is 0.0842. The third kappa shape index (κ3) is 4.51. The molecule has 136 valence electrons. The molecule has 0 aliphatic carbocycles. The topological polar surface area (TPSA) is 54.3 Å². The Labute approximate surface area is 153 Å². The lowest BCUT2D eigenvalue weighted by atomic mass is 10.2. The highest BCUT2D eigenvalue weighted by Gasteiger charge is 2.16. The third-order valence-corrected chi connectivity index (χ3v) is 5.23. The number of aryl methyl sites for hydroxylation is 2. The van der Waals surface area contributed by atoms with E-state index in [9.17, 15) is 9.59 Å². The average molecular weight is 362 g/mol. The summed E-state index contributed by atoms with van der Waals surface area (Å²) in [6.45, 7) is 10.00. The van der Waals surface area contributed by atoms with Crippen LogP contribution in [0.5, 0.6) is 0 Å². The lowest BCUT2D eigenvalue weighted by molar-refractivity contribution is -0.130. The van der Waals surface area contributed by atoms with Gasteiger partial charge in [0.2, 0.25) is 5.91 Å². The summed E-state index contributed by atoms with van der Waals surface area (Å²) in [6, 6.07) is 5.96. The largest absolute Gasteiger partial charge is 0.352 e. The normalized spacial score (nSPS) is 10.7. The predicted molar refractivity (Wildman–Crippen MR) is 103 cm³/mol. The summed E-state index contributed by atoms with van der Waals surface area (Å²) in [4.78, 5) is 26.3. The molecular weight excluding hydrogens is 334 g/mol. The van der Waals surface area contributed by atoms with Gasteiger partial charge in [0.15, 0.2) is 0 Å². The first-order valence-electron chi connectivity index (χ1n) is 8.78. The summed E-state index contributed by atoms with van der Waals surface area (Å²) in [6.07, 6.45) is 1.12. The Morgan fingerprint density at radius 2 is 1.76 bits per heavy atom. The summed E-state index contributed by atoms with van der Waals surface area (Å²) in [5, 5.41) is 5.82. The molecule has 0 aliphatic rings. The van der Waals surface area contributed by atoms with Crippen LogP contribution in [0.25, 0.3) is 5.00 Å². The molecule has 2 rings (SSSR count). The Hall–Kier alpha value is -2.08. The van der Waals surface area contributed by atoms with Gasteiger partial charge in [-0.15, -0.1) is 11.3 Å². The average Bonchev–Trinajstić information content (AvgIpc) is 3.19. The van der Waals surface area contributed by atoms with E-state index in [4.69, 9.17) is 0 Å². The number of hydrogen-bond donors (Lipinski definition) is 1. The van der Waals surface area contributed by atoms with Crippen molar-refractivity contribution in [3.63, 3.8) is 0 Å². The Balaban J connectivity index is 1.93. The van der Waals surface area contributed by atoms with Gasteiger partial charge in [-0.2, -0.15) is 0 Å². The van der Waals surface area contributed by atoms with Gasteiger partial charge in [-0.1, -0.05) is 0 Å². The fourth-order valence-corrected chi connectivity index (χ4v) is 3.92. The zero-order valence-corrected chi connectivity index (χ0v) is 16.3. The van der Waals surface area contributed by atoms with Crippen LogP contribution in [0.2, 0.25) is 0 Å². The van der Waals surface area contributed by atoms with E-state index in [2.05, 4.69) is 22.0 Å².